The Bertz CT molecular complexity index is 115. The van der Waals surface area contributed by atoms with Gasteiger partial charge in [0.2, 0.25) is 0 Å². The highest BCUT2D eigenvalue weighted by molar-refractivity contribution is 4.89. The normalized spacial score (nSPS) is 24.0. The highest BCUT2D eigenvalue weighted by atomic mass is 15.2. The van der Waals surface area contributed by atoms with Crippen LogP contribution in [0.4, 0.5) is 0 Å². The van der Waals surface area contributed by atoms with E-state index in [-0.39, 0.29) is 5.66 Å². The molecule has 1 saturated heterocycles. The van der Waals surface area contributed by atoms with Crippen LogP contribution in [0.15, 0.2) is 0 Å². The van der Waals surface area contributed by atoms with Crippen molar-refractivity contribution >= 4 is 0 Å². The van der Waals surface area contributed by atoms with E-state index in [9.17, 15) is 0 Å². The minimum atomic E-state index is 0.220. The zero-order valence-electron chi connectivity index (χ0n) is 7.91. The molecule has 1 rings (SSSR count). The van der Waals surface area contributed by atoms with E-state index in [4.69, 9.17) is 0 Å². The first kappa shape index (κ1) is 9.01. The summed E-state index contributed by atoms with van der Waals surface area (Å²) in [5.74, 6) is 0.674. The Morgan fingerprint density at radius 2 is 1.82 bits per heavy atom. The van der Waals surface area contributed by atoms with Crippen molar-refractivity contribution < 1.29 is 0 Å². The van der Waals surface area contributed by atoms with Crippen LogP contribution in [0.5, 0.6) is 0 Å². The van der Waals surface area contributed by atoms with Gasteiger partial charge in [-0.25, -0.2) is 0 Å². The van der Waals surface area contributed by atoms with Gasteiger partial charge >= 0.3 is 0 Å². The fourth-order valence-electron chi connectivity index (χ4n) is 1.84. The second-order valence-electron chi connectivity index (χ2n) is 3.69. The van der Waals surface area contributed by atoms with Crippen molar-refractivity contribution in [2.75, 3.05) is 13.1 Å². The van der Waals surface area contributed by atoms with Gasteiger partial charge in [0.05, 0.1) is 5.66 Å². The smallest absolute Gasteiger partial charge is 0.0708 e. The quantitative estimate of drug-likeness (QED) is 0.630. The van der Waals surface area contributed by atoms with E-state index < -0.39 is 0 Å². The van der Waals surface area contributed by atoms with Crippen LogP contribution in [-0.2, 0) is 0 Å². The van der Waals surface area contributed by atoms with Crippen LogP contribution < -0.4 is 10.6 Å². The van der Waals surface area contributed by atoms with Crippen molar-refractivity contribution in [1.82, 2.24) is 10.6 Å². The molecule has 1 aliphatic rings. The molecule has 2 N–H and O–H groups in total. The lowest BCUT2D eigenvalue weighted by atomic mass is 9.91. The third kappa shape index (κ3) is 1.74. The van der Waals surface area contributed by atoms with Crippen LogP contribution >= 0.6 is 0 Å². The second kappa shape index (κ2) is 3.55. The summed E-state index contributed by atoms with van der Waals surface area (Å²) in [6, 6.07) is 0. The Labute approximate surface area is 69.8 Å². The number of rotatable bonds is 2. The maximum Gasteiger partial charge on any atom is 0.0708 e. The summed E-state index contributed by atoms with van der Waals surface area (Å²) in [4.78, 5) is 0. The molecule has 0 amide bonds. The van der Waals surface area contributed by atoms with Gasteiger partial charge in [0.15, 0.2) is 0 Å². The van der Waals surface area contributed by atoms with Crippen molar-refractivity contribution in [3.63, 3.8) is 0 Å². The first-order valence-electron chi connectivity index (χ1n) is 4.71. The molecular weight excluding hydrogens is 136 g/mol. The molecule has 0 atom stereocenters. The molecular formula is C9H20N2. The van der Waals surface area contributed by atoms with Crippen LogP contribution in [0.1, 0.15) is 33.6 Å². The maximum atomic E-state index is 3.57. The average Bonchev–Trinajstić information content (AvgIpc) is 2.05. The largest absolute Gasteiger partial charge is 0.299 e. The van der Waals surface area contributed by atoms with Crippen molar-refractivity contribution in [2.24, 2.45) is 5.92 Å². The zero-order valence-corrected chi connectivity index (χ0v) is 7.91. The van der Waals surface area contributed by atoms with Crippen molar-refractivity contribution in [1.29, 1.82) is 0 Å². The van der Waals surface area contributed by atoms with Crippen LogP contribution in [0, 0.1) is 5.92 Å². The van der Waals surface area contributed by atoms with Gasteiger partial charge in [-0.2, -0.15) is 0 Å². The number of hydrogen-bond donors (Lipinski definition) is 2. The minimum Gasteiger partial charge on any atom is -0.299 e. The van der Waals surface area contributed by atoms with Gasteiger partial charge < -0.3 is 0 Å². The fraction of sp³-hybridized carbons (Fsp3) is 1.00. The predicted molar refractivity (Wildman–Crippen MR) is 48.5 cm³/mol. The van der Waals surface area contributed by atoms with E-state index in [1.165, 1.54) is 25.9 Å². The summed E-state index contributed by atoms with van der Waals surface area (Å²) in [5, 5.41) is 7.14. The summed E-state index contributed by atoms with van der Waals surface area (Å²) in [7, 11) is 0. The lowest BCUT2D eigenvalue weighted by Crippen LogP contribution is -2.63. The van der Waals surface area contributed by atoms with Crippen molar-refractivity contribution in [2.45, 2.75) is 39.3 Å². The van der Waals surface area contributed by atoms with Gasteiger partial charge in [0.25, 0.3) is 0 Å². The van der Waals surface area contributed by atoms with Crippen LogP contribution in [0.3, 0.4) is 0 Å². The molecule has 1 heterocycles. The molecule has 1 fully saturated rings. The third-order valence-electron chi connectivity index (χ3n) is 2.78. The van der Waals surface area contributed by atoms with Gasteiger partial charge in [-0.1, -0.05) is 20.8 Å². The van der Waals surface area contributed by atoms with Crippen LogP contribution in [0.25, 0.3) is 0 Å². The van der Waals surface area contributed by atoms with Crippen LogP contribution in [0.2, 0.25) is 0 Å². The van der Waals surface area contributed by atoms with E-state index in [0.717, 1.165) is 0 Å². The summed E-state index contributed by atoms with van der Waals surface area (Å²) in [6.45, 7) is 9.12. The SMILES string of the molecule is CCC1(C(C)C)NCCCN1. The summed E-state index contributed by atoms with van der Waals surface area (Å²) < 4.78 is 0. The molecule has 0 unspecified atom stereocenters. The molecule has 0 aromatic carbocycles. The third-order valence-corrected chi connectivity index (χ3v) is 2.78. The van der Waals surface area contributed by atoms with E-state index in [0.29, 0.717) is 5.92 Å². The monoisotopic (exact) mass is 156 g/mol. The van der Waals surface area contributed by atoms with Crippen LogP contribution in [-0.4, -0.2) is 18.8 Å². The second-order valence-corrected chi connectivity index (χ2v) is 3.69. The zero-order chi connectivity index (χ0) is 8.32. The van der Waals surface area contributed by atoms with Gasteiger partial charge in [-0.15, -0.1) is 0 Å². The number of hydrogen-bond acceptors (Lipinski definition) is 2. The van der Waals surface area contributed by atoms with E-state index in [2.05, 4.69) is 31.4 Å². The molecule has 66 valence electrons. The molecule has 1 aliphatic heterocycles. The summed E-state index contributed by atoms with van der Waals surface area (Å²) >= 11 is 0. The predicted octanol–water partition coefficient (Wildman–Crippen LogP) is 1.33. The average molecular weight is 156 g/mol. The minimum absolute atomic E-state index is 0.220. The van der Waals surface area contributed by atoms with Gasteiger partial charge in [0, 0.05) is 0 Å². The molecule has 0 aromatic rings. The molecule has 0 bridgehead atoms. The molecule has 0 aromatic heterocycles. The van der Waals surface area contributed by atoms with Gasteiger partial charge in [-0.05, 0) is 31.8 Å². The fourth-order valence-corrected chi connectivity index (χ4v) is 1.84. The van der Waals surface area contributed by atoms with Gasteiger partial charge in [-0.3, -0.25) is 10.6 Å². The standard InChI is InChI=1S/C9H20N2/c1-4-9(8(2)3)10-6-5-7-11-9/h8,10-11H,4-7H2,1-3H3. The van der Waals surface area contributed by atoms with Crippen molar-refractivity contribution in [3.8, 4) is 0 Å². The Hall–Kier alpha value is -0.0800. The molecule has 0 saturated carbocycles. The molecule has 0 spiro atoms. The number of nitrogens with one attached hydrogen (secondary N) is 2. The summed E-state index contributed by atoms with van der Waals surface area (Å²) in [6.07, 6.45) is 2.43. The highest BCUT2D eigenvalue weighted by Crippen LogP contribution is 2.19. The first-order chi connectivity index (χ1) is 5.21. The lowest BCUT2D eigenvalue weighted by Gasteiger charge is -2.42. The summed E-state index contributed by atoms with van der Waals surface area (Å²) in [5.41, 5.74) is 0.220. The van der Waals surface area contributed by atoms with E-state index >= 15 is 0 Å². The molecule has 0 radical (unpaired) electrons. The van der Waals surface area contributed by atoms with Gasteiger partial charge in [0.1, 0.15) is 0 Å². The Kier molecular flexibility index (Phi) is 2.90. The first-order valence-corrected chi connectivity index (χ1v) is 4.71. The molecule has 2 nitrogen and oxygen atoms in total. The Morgan fingerprint density at radius 3 is 2.09 bits per heavy atom. The van der Waals surface area contributed by atoms with E-state index in [1.54, 1.807) is 0 Å². The van der Waals surface area contributed by atoms with E-state index in [1.807, 2.05) is 0 Å². The Balaban J connectivity index is 2.57. The highest BCUT2D eigenvalue weighted by Gasteiger charge is 2.32. The molecule has 2 heteroatoms. The Morgan fingerprint density at radius 1 is 1.27 bits per heavy atom. The maximum absolute atomic E-state index is 3.57. The van der Waals surface area contributed by atoms with Crippen molar-refractivity contribution in [3.05, 3.63) is 0 Å². The molecule has 0 aliphatic carbocycles. The lowest BCUT2D eigenvalue weighted by molar-refractivity contribution is 0.148. The topological polar surface area (TPSA) is 24.1 Å². The molecule has 11 heavy (non-hydrogen) atoms.